The van der Waals surface area contributed by atoms with E-state index in [2.05, 4.69) is 9.72 Å². The van der Waals surface area contributed by atoms with Gasteiger partial charge in [0, 0.05) is 12.2 Å². The van der Waals surface area contributed by atoms with E-state index in [1.165, 1.54) is 7.11 Å². The highest BCUT2D eigenvalue weighted by atomic mass is 35.5. The number of aromatic nitrogens is 1. The van der Waals surface area contributed by atoms with E-state index in [0.29, 0.717) is 5.15 Å². The van der Waals surface area contributed by atoms with Gasteiger partial charge in [0.25, 0.3) is 0 Å². The molecule has 1 atom stereocenters. The summed E-state index contributed by atoms with van der Waals surface area (Å²) in [6.45, 7) is 0. The van der Waals surface area contributed by atoms with Crippen molar-refractivity contribution in [1.82, 2.24) is 4.98 Å². The van der Waals surface area contributed by atoms with Crippen molar-refractivity contribution in [2.45, 2.75) is 12.5 Å². The van der Waals surface area contributed by atoms with Crippen molar-refractivity contribution in [3.63, 3.8) is 0 Å². The lowest BCUT2D eigenvalue weighted by molar-refractivity contribution is -0.141. The number of pyridine rings is 1. The standard InChI is InChI=1S/C9H11ClN2O2/c1-14-9(13)5-7(11)6-2-3-12-8(10)4-6/h2-4,7H,5,11H2,1H3/t7-/m0/s1. The van der Waals surface area contributed by atoms with E-state index < -0.39 is 6.04 Å². The Labute approximate surface area is 87.0 Å². The molecule has 0 spiro atoms. The molecule has 0 bridgehead atoms. The monoisotopic (exact) mass is 214 g/mol. The molecule has 2 N–H and O–H groups in total. The van der Waals surface area contributed by atoms with Crippen molar-refractivity contribution in [3.8, 4) is 0 Å². The number of esters is 1. The lowest BCUT2D eigenvalue weighted by Crippen LogP contribution is -2.16. The molecule has 0 aliphatic carbocycles. The Morgan fingerprint density at radius 1 is 1.79 bits per heavy atom. The molecule has 76 valence electrons. The van der Waals surface area contributed by atoms with Crippen molar-refractivity contribution in [2.24, 2.45) is 5.73 Å². The fourth-order valence-electron chi connectivity index (χ4n) is 1.03. The normalized spacial score (nSPS) is 12.2. The van der Waals surface area contributed by atoms with Crippen molar-refractivity contribution in [3.05, 3.63) is 29.0 Å². The van der Waals surface area contributed by atoms with Gasteiger partial charge in [0.05, 0.1) is 13.5 Å². The van der Waals surface area contributed by atoms with E-state index in [9.17, 15) is 4.79 Å². The predicted molar refractivity (Wildman–Crippen MR) is 52.8 cm³/mol. The van der Waals surface area contributed by atoms with Gasteiger partial charge in [0.15, 0.2) is 0 Å². The van der Waals surface area contributed by atoms with E-state index in [-0.39, 0.29) is 12.4 Å². The molecule has 5 heteroatoms. The summed E-state index contributed by atoms with van der Waals surface area (Å²) in [6.07, 6.45) is 1.69. The molecular weight excluding hydrogens is 204 g/mol. The van der Waals surface area contributed by atoms with Gasteiger partial charge in [0.1, 0.15) is 5.15 Å². The molecule has 0 amide bonds. The molecule has 1 aromatic rings. The molecule has 4 nitrogen and oxygen atoms in total. The third kappa shape index (κ3) is 2.97. The number of carbonyl (C=O) groups excluding carboxylic acids is 1. The number of hydrogen-bond donors (Lipinski definition) is 1. The van der Waals surface area contributed by atoms with Crippen LogP contribution in [0.5, 0.6) is 0 Å². The fourth-order valence-corrected chi connectivity index (χ4v) is 1.21. The molecule has 1 aromatic heterocycles. The number of nitrogens with zero attached hydrogens (tertiary/aromatic N) is 1. The zero-order valence-corrected chi connectivity index (χ0v) is 8.49. The van der Waals surface area contributed by atoms with E-state index in [1.807, 2.05) is 0 Å². The summed E-state index contributed by atoms with van der Waals surface area (Å²) in [5.41, 5.74) is 6.53. The molecule has 0 aliphatic heterocycles. The van der Waals surface area contributed by atoms with Gasteiger partial charge in [0.2, 0.25) is 0 Å². The van der Waals surface area contributed by atoms with Crippen molar-refractivity contribution in [1.29, 1.82) is 0 Å². The molecule has 0 fully saturated rings. The number of nitrogens with two attached hydrogens (primary N) is 1. The van der Waals surface area contributed by atoms with Crippen LogP contribution in [0.1, 0.15) is 18.0 Å². The molecule has 0 aliphatic rings. The summed E-state index contributed by atoms with van der Waals surface area (Å²) in [5.74, 6) is -0.342. The Morgan fingerprint density at radius 2 is 2.50 bits per heavy atom. The average Bonchev–Trinajstić information content (AvgIpc) is 2.17. The first-order valence-corrected chi connectivity index (χ1v) is 4.45. The summed E-state index contributed by atoms with van der Waals surface area (Å²) in [7, 11) is 1.33. The van der Waals surface area contributed by atoms with Gasteiger partial charge in [-0.1, -0.05) is 11.6 Å². The SMILES string of the molecule is COC(=O)C[C@H](N)c1ccnc(Cl)c1. The number of ether oxygens (including phenoxy) is 1. The highest BCUT2D eigenvalue weighted by molar-refractivity contribution is 6.29. The van der Waals surface area contributed by atoms with Crippen LogP contribution in [0.2, 0.25) is 5.15 Å². The lowest BCUT2D eigenvalue weighted by atomic mass is 10.1. The Balaban J connectivity index is 2.69. The van der Waals surface area contributed by atoms with Crippen LogP contribution in [-0.4, -0.2) is 18.1 Å². The summed E-state index contributed by atoms with van der Waals surface area (Å²) >= 11 is 5.68. The average molecular weight is 215 g/mol. The van der Waals surface area contributed by atoms with Crippen LogP contribution < -0.4 is 5.73 Å². The van der Waals surface area contributed by atoms with Crippen LogP contribution in [-0.2, 0) is 9.53 Å². The molecule has 0 radical (unpaired) electrons. The van der Waals surface area contributed by atoms with Crippen LogP contribution in [0, 0.1) is 0 Å². The van der Waals surface area contributed by atoms with Crippen molar-refractivity contribution >= 4 is 17.6 Å². The maximum absolute atomic E-state index is 10.9. The third-order valence-corrected chi connectivity index (χ3v) is 2.00. The number of rotatable bonds is 3. The van der Waals surface area contributed by atoms with Gasteiger partial charge in [-0.2, -0.15) is 0 Å². The van der Waals surface area contributed by atoms with Gasteiger partial charge in [-0.25, -0.2) is 4.98 Å². The number of halogens is 1. The van der Waals surface area contributed by atoms with Crippen LogP contribution >= 0.6 is 11.6 Å². The molecule has 0 aromatic carbocycles. The smallest absolute Gasteiger partial charge is 0.307 e. The Bertz CT molecular complexity index is 330. The lowest BCUT2D eigenvalue weighted by Gasteiger charge is -2.09. The first kappa shape index (κ1) is 10.9. The topological polar surface area (TPSA) is 65.2 Å². The van der Waals surface area contributed by atoms with E-state index in [0.717, 1.165) is 5.56 Å². The summed E-state index contributed by atoms with van der Waals surface area (Å²) in [5, 5.41) is 0.364. The minimum Gasteiger partial charge on any atom is -0.469 e. The van der Waals surface area contributed by atoms with Crippen LogP contribution in [0.25, 0.3) is 0 Å². The molecule has 1 heterocycles. The zero-order valence-electron chi connectivity index (χ0n) is 7.74. The Morgan fingerprint density at radius 3 is 3.07 bits per heavy atom. The number of carbonyl (C=O) groups is 1. The third-order valence-electron chi connectivity index (χ3n) is 1.79. The maximum atomic E-state index is 10.9. The first-order chi connectivity index (χ1) is 6.63. The molecule has 0 saturated heterocycles. The summed E-state index contributed by atoms with van der Waals surface area (Å²) in [4.78, 5) is 14.7. The molecule has 14 heavy (non-hydrogen) atoms. The number of methoxy groups -OCH3 is 1. The second-order valence-corrected chi connectivity index (χ2v) is 3.19. The Kier molecular flexibility index (Phi) is 3.85. The minimum absolute atomic E-state index is 0.136. The zero-order chi connectivity index (χ0) is 10.6. The minimum atomic E-state index is -0.400. The largest absolute Gasteiger partial charge is 0.469 e. The second kappa shape index (κ2) is 4.93. The van der Waals surface area contributed by atoms with Crippen LogP contribution in [0.15, 0.2) is 18.3 Å². The summed E-state index contributed by atoms with van der Waals surface area (Å²) < 4.78 is 4.51. The van der Waals surface area contributed by atoms with Crippen molar-refractivity contribution in [2.75, 3.05) is 7.11 Å². The maximum Gasteiger partial charge on any atom is 0.307 e. The van der Waals surface area contributed by atoms with Gasteiger partial charge in [-0.3, -0.25) is 4.79 Å². The molecule has 0 unspecified atom stereocenters. The van der Waals surface area contributed by atoms with E-state index in [4.69, 9.17) is 17.3 Å². The highest BCUT2D eigenvalue weighted by Crippen LogP contribution is 2.16. The van der Waals surface area contributed by atoms with E-state index in [1.54, 1.807) is 18.3 Å². The highest BCUT2D eigenvalue weighted by Gasteiger charge is 2.11. The van der Waals surface area contributed by atoms with Gasteiger partial charge in [-0.15, -0.1) is 0 Å². The van der Waals surface area contributed by atoms with Gasteiger partial charge < -0.3 is 10.5 Å². The van der Waals surface area contributed by atoms with Gasteiger partial charge >= 0.3 is 5.97 Å². The summed E-state index contributed by atoms with van der Waals surface area (Å²) in [6, 6.07) is 2.96. The Hall–Kier alpha value is -1.13. The van der Waals surface area contributed by atoms with Crippen molar-refractivity contribution < 1.29 is 9.53 Å². The first-order valence-electron chi connectivity index (χ1n) is 4.07. The predicted octanol–water partition coefficient (Wildman–Crippen LogP) is 1.30. The molecule has 1 rings (SSSR count). The fraction of sp³-hybridized carbons (Fsp3) is 0.333. The van der Waals surface area contributed by atoms with Crippen LogP contribution in [0.3, 0.4) is 0 Å². The molecular formula is C9H11ClN2O2. The quantitative estimate of drug-likeness (QED) is 0.609. The number of hydrogen-bond acceptors (Lipinski definition) is 4. The van der Waals surface area contributed by atoms with E-state index >= 15 is 0 Å². The van der Waals surface area contributed by atoms with Crippen LogP contribution in [0.4, 0.5) is 0 Å². The van der Waals surface area contributed by atoms with Gasteiger partial charge in [-0.05, 0) is 17.7 Å². The molecule has 0 saturated carbocycles. The second-order valence-electron chi connectivity index (χ2n) is 2.80.